The smallest absolute Gasteiger partial charge is 0.237 e. The number of carbonyl (C=O) groups excluding carboxylic acids is 1. The number of hydrogen-bond acceptors (Lipinski definition) is 6. The second-order valence-corrected chi connectivity index (χ2v) is 11.2. The van der Waals surface area contributed by atoms with E-state index >= 15 is 0 Å². The highest BCUT2D eigenvalue weighted by molar-refractivity contribution is 8.00. The van der Waals surface area contributed by atoms with Crippen LogP contribution < -0.4 is 14.2 Å². The minimum Gasteiger partial charge on any atom is -0.496 e. The van der Waals surface area contributed by atoms with Crippen molar-refractivity contribution in [2.24, 2.45) is 5.92 Å². The van der Waals surface area contributed by atoms with Crippen molar-refractivity contribution in [3.63, 3.8) is 0 Å². The molecule has 1 unspecified atom stereocenters. The van der Waals surface area contributed by atoms with Gasteiger partial charge < -0.3 is 19.1 Å². The first kappa shape index (κ1) is 26.0. The zero-order valence-corrected chi connectivity index (χ0v) is 22.4. The fourth-order valence-electron chi connectivity index (χ4n) is 4.54. The Morgan fingerprint density at radius 1 is 1.26 bits per heavy atom. The van der Waals surface area contributed by atoms with E-state index in [-0.39, 0.29) is 11.2 Å². The maximum atomic E-state index is 13.8. The van der Waals surface area contributed by atoms with Gasteiger partial charge in [-0.15, -0.1) is 11.8 Å². The van der Waals surface area contributed by atoms with Crippen LogP contribution >= 0.6 is 23.4 Å². The van der Waals surface area contributed by atoms with Crippen LogP contribution in [0.5, 0.6) is 17.2 Å². The van der Waals surface area contributed by atoms with Gasteiger partial charge in [0.25, 0.3) is 0 Å². The molecule has 0 aliphatic carbocycles. The van der Waals surface area contributed by atoms with E-state index in [0.29, 0.717) is 48.7 Å². The zero-order valence-electron chi connectivity index (χ0n) is 20.8. The number of para-hydroxylation sites is 1. The lowest BCUT2D eigenvalue weighted by Gasteiger charge is -2.35. The Morgan fingerprint density at radius 3 is 2.86 bits per heavy atom. The number of thioether (sulfide) groups is 1. The Labute approximate surface area is 217 Å². The molecule has 2 aromatic rings. The molecule has 0 saturated carbocycles. The summed E-state index contributed by atoms with van der Waals surface area (Å²) in [6, 6.07) is 12.0. The molecule has 8 heteroatoms. The van der Waals surface area contributed by atoms with Gasteiger partial charge in [0.1, 0.15) is 5.75 Å². The van der Waals surface area contributed by atoms with E-state index in [1.165, 1.54) is 0 Å². The number of fused-ring (bicyclic) bond motifs is 1. The van der Waals surface area contributed by atoms with E-state index in [4.69, 9.17) is 25.8 Å². The number of nitrogens with zero attached hydrogens (tertiary/aromatic N) is 2. The average Bonchev–Trinajstić information content (AvgIpc) is 3.09. The largest absolute Gasteiger partial charge is 0.496 e. The average molecular weight is 519 g/mol. The van der Waals surface area contributed by atoms with Crippen molar-refractivity contribution in [2.75, 3.05) is 45.7 Å². The molecule has 2 aliphatic rings. The third-order valence-corrected chi connectivity index (χ3v) is 7.60. The third kappa shape index (κ3) is 6.78. The first-order chi connectivity index (χ1) is 16.9. The van der Waals surface area contributed by atoms with Gasteiger partial charge in [-0.1, -0.05) is 43.6 Å². The normalized spacial score (nSPS) is 18.3. The molecular weight excluding hydrogens is 484 g/mol. The van der Waals surface area contributed by atoms with Gasteiger partial charge in [0.2, 0.25) is 5.91 Å². The predicted octanol–water partition coefficient (Wildman–Crippen LogP) is 5.11. The van der Waals surface area contributed by atoms with E-state index in [1.54, 1.807) is 18.9 Å². The molecule has 1 saturated heterocycles. The molecule has 2 aliphatic heterocycles. The lowest BCUT2D eigenvalue weighted by atomic mass is 10.1. The Hall–Kier alpha value is -2.09. The number of rotatable bonds is 8. The van der Waals surface area contributed by atoms with Crippen LogP contribution in [0.4, 0.5) is 0 Å². The summed E-state index contributed by atoms with van der Waals surface area (Å²) in [7, 11) is 1.70. The summed E-state index contributed by atoms with van der Waals surface area (Å²) in [5.74, 6) is 3.62. The second-order valence-electron chi connectivity index (χ2n) is 9.47. The van der Waals surface area contributed by atoms with Crippen LogP contribution in [0.25, 0.3) is 0 Å². The van der Waals surface area contributed by atoms with Crippen molar-refractivity contribution in [1.29, 1.82) is 0 Å². The fraction of sp³-hybridized carbons (Fsp3) is 0.519. The molecule has 4 rings (SSSR count). The highest BCUT2D eigenvalue weighted by atomic mass is 35.5. The molecule has 1 fully saturated rings. The number of methoxy groups -OCH3 is 1. The monoisotopic (exact) mass is 518 g/mol. The number of carbonyl (C=O) groups is 1. The number of hydrogen-bond donors (Lipinski definition) is 0. The Balaban J connectivity index is 1.47. The van der Waals surface area contributed by atoms with Crippen LogP contribution in [-0.2, 0) is 17.9 Å². The lowest BCUT2D eigenvalue weighted by molar-refractivity contribution is -0.132. The van der Waals surface area contributed by atoms with E-state index in [2.05, 4.69) is 24.8 Å². The number of halogens is 1. The maximum Gasteiger partial charge on any atom is 0.237 e. The molecular formula is C27H35ClN2O4S. The minimum absolute atomic E-state index is 0.104. The molecule has 2 aromatic carbocycles. The highest BCUT2D eigenvalue weighted by Crippen LogP contribution is 2.38. The highest BCUT2D eigenvalue weighted by Gasteiger charge is 2.31. The third-order valence-electron chi connectivity index (χ3n) is 6.15. The summed E-state index contributed by atoms with van der Waals surface area (Å²) in [4.78, 5) is 18.1. The van der Waals surface area contributed by atoms with Crippen molar-refractivity contribution < 1.29 is 19.0 Å². The van der Waals surface area contributed by atoms with E-state index in [9.17, 15) is 4.79 Å². The molecule has 0 radical (unpaired) electrons. The van der Waals surface area contributed by atoms with Gasteiger partial charge >= 0.3 is 0 Å². The van der Waals surface area contributed by atoms with E-state index in [0.717, 1.165) is 48.7 Å². The van der Waals surface area contributed by atoms with E-state index in [1.807, 2.05) is 35.2 Å². The fourth-order valence-corrected chi connectivity index (χ4v) is 6.09. The van der Waals surface area contributed by atoms with Gasteiger partial charge in [-0.3, -0.25) is 9.69 Å². The van der Waals surface area contributed by atoms with Gasteiger partial charge in [-0.05, 0) is 29.7 Å². The topological polar surface area (TPSA) is 51.2 Å². The first-order valence-electron chi connectivity index (χ1n) is 12.3. The quantitative estimate of drug-likeness (QED) is 0.484. The molecule has 2 heterocycles. The van der Waals surface area contributed by atoms with Gasteiger partial charge in [0.05, 0.1) is 30.6 Å². The van der Waals surface area contributed by atoms with Gasteiger partial charge in [-0.25, -0.2) is 0 Å². The number of amides is 1. The van der Waals surface area contributed by atoms with Crippen LogP contribution in [0.1, 0.15) is 31.4 Å². The van der Waals surface area contributed by atoms with Gasteiger partial charge in [-0.2, -0.15) is 0 Å². The lowest BCUT2D eigenvalue weighted by Crippen LogP contribution is -2.47. The molecule has 0 N–H and O–H groups in total. The van der Waals surface area contributed by atoms with Crippen molar-refractivity contribution in [2.45, 2.75) is 38.6 Å². The van der Waals surface area contributed by atoms with E-state index < -0.39 is 0 Å². The Morgan fingerprint density at radius 2 is 2.06 bits per heavy atom. The van der Waals surface area contributed by atoms with Gasteiger partial charge in [0.15, 0.2) is 11.5 Å². The first-order valence-corrected chi connectivity index (χ1v) is 13.7. The standard InChI is InChI=1S/C27H35ClN2O4S/c1-19(2)15-30(16-20-13-22(28)26-24(14-20)33-10-6-11-34-26)27(31)25-18-29(9-12-35-25)17-21-7-4-5-8-23(21)32-3/h4-5,7-8,13-14,19,25H,6,9-12,15-18H2,1-3H3. The summed E-state index contributed by atoms with van der Waals surface area (Å²) in [6.45, 7) is 9.11. The van der Waals surface area contributed by atoms with Crippen molar-refractivity contribution in [3.8, 4) is 17.2 Å². The molecule has 0 aromatic heterocycles. The summed E-state index contributed by atoms with van der Waals surface area (Å²) >= 11 is 8.28. The Bertz CT molecular complexity index is 1020. The zero-order chi connectivity index (χ0) is 24.8. The molecule has 35 heavy (non-hydrogen) atoms. The van der Waals surface area contributed by atoms with Crippen molar-refractivity contribution in [3.05, 3.63) is 52.5 Å². The van der Waals surface area contributed by atoms with Crippen LogP contribution in [0.15, 0.2) is 36.4 Å². The maximum absolute atomic E-state index is 13.8. The van der Waals surface area contributed by atoms with Crippen LogP contribution in [-0.4, -0.2) is 66.7 Å². The molecule has 1 amide bonds. The SMILES string of the molecule is COc1ccccc1CN1CCSC(C(=O)N(Cc2cc(Cl)c3c(c2)OCCCO3)CC(C)C)C1. The number of ether oxygens (including phenoxy) is 3. The van der Waals surface area contributed by atoms with Crippen LogP contribution in [0.2, 0.25) is 5.02 Å². The van der Waals surface area contributed by atoms with Crippen molar-refractivity contribution in [1.82, 2.24) is 9.80 Å². The molecule has 6 nitrogen and oxygen atoms in total. The van der Waals surface area contributed by atoms with Crippen LogP contribution in [0.3, 0.4) is 0 Å². The van der Waals surface area contributed by atoms with Crippen LogP contribution in [0, 0.1) is 5.92 Å². The summed E-state index contributed by atoms with van der Waals surface area (Å²) < 4.78 is 17.2. The molecule has 190 valence electrons. The molecule has 1 atom stereocenters. The summed E-state index contributed by atoms with van der Waals surface area (Å²) in [5.41, 5.74) is 2.11. The minimum atomic E-state index is -0.104. The molecule has 0 bridgehead atoms. The summed E-state index contributed by atoms with van der Waals surface area (Å²) in [5, 5.41) is 0.430. The molecule has 0 spiro atoms. The van der Waals surface area contributed by atoms with Crippen molar-refractivity contribution >= 4 is 29.3 Å². The Kier molecular flexibility index (Phi) is 9.09. The van der Waals surface area contributed by atoms with Gasteiger partial charge in [0, 0.05) is 50.5 Å². The number of benzene rings is 2. The second kappa shape index (κ2) is 12.2. The summed E-state index contributed by atoms with van der Waals surface area (Å²) in [6.07, 6.45) is 0.822. The predicted molar refractivity (Wildman–Crippen MR) is 142 cm³/mol.